The van der Waals surface area contributed by atoms with Crippen LogP contribution in [-0.2, 0) is 24.9 Å². The number of amides is 1. The van der Waals surface area contributed by atoms with Crippen LogP contribution in [0.5, 0.6) is 0 Å². The maximum Gasteiger partial charge on any atom is 0.407 e. The van der Waals surface area contributed by atoms with Crippen molar-refractivity contribution in [1.82, 2.24) is 24.0 Å². The van der Waals surface area contributed by atoms with Gasteiger partial charge in [-0.3, -0.25) is 18.5 Å². The average molecular weight is 623 g/mol. The van der Waals surface area contributed by atoms with Crippen molar-refractivity contribution in [2.75, 3.05) is 18.0 Å². The van der Waals surface area contributed by atoms with Gasteiger partial charge in [-0.1, -0.05) is 18.1 Å². The standard InChI is InChI=1S/C29H31F5N6O4/c1-6-7-13-39-23-24(36-26(39)38-12-8-10-16(15-38)35-27(42)44-29(2,3)4)37(5)28(43)40(25(23)41)14-9-11-17-18(30)20(32)22(34)21(33)19(17)31/h9,11,16H,8,10,12-15H2,1-5H3,(H,35,42)/b11-9+. The minimum absolute atomic E-state index is 0.0108. The summed E-state index contributed by atoms with van der Waals surface area (Å²) in [7, 11) is 1.38. The van der Waals surface area contributed by atoms with Crippen LogP contribution in [-0.4, -0.2) is 49.5 Å². The molecule has 1 aliphatic rings. The molecule has 1 saturated heterocycles. The van der Waals surface area contributed by atoms with E-state index in [2.05, 4.69) is 22.1 Å². The van der Waals surface area contributed by atoms with Crippen molar-refractivity contribution in [3.63, 3.8) is 0 Å². The van der Waals surface area contributed by atoms with Crippen molar-refractivity contribution in [3.8, 4) is 11.8 Å². The first-order valence-electron chi connectivity index (χ1n) is 13.7. The van der Waals surface area contributed by atoms with Crippen LogP contribution in [0, 0.1) is 40.9 Å². The van der Waals surface area contributed by atoms with Crippen molar-refractivity contribution in [2.24, 2.45) is 7.05 Å². The summed E-state index contributed by atoms with van der Waals surface area (Å²) in [5.41, 5.74) is -3.46. The van der Waals surface area contributed by atoms with Crippen LogP contribution in [0.3, 0.4) is 0 Å². The number of carbonyl (C=O) groups excluding carboxylic acids is 1. The summed E-state index contributed by atoms with van der Waals surface area (Å²) in [5, 5.41) is 2.85. The van der Waals surface area contributed by atoms with E-state index in [0.29, 0.717) is 38.0 Å². The van der Waals surface area contributed by atoms with E-state index in [1.54, 1.807) is 27.7 Å². The molecule has 1 N–H and O–H groups in total. The van der Waals surface area contributed by atoms with Gasteiger partial charge in [-0.15, -0.1) is 5.92 Å². The van der Waals surface area contributed by atoms with E-state index < -0.39 is 64.1 Å². The molecule has 0 radical (unpaired) electrons. The fraction of sp³-hybridized carbons (Fsp3) is 0.448. The number of imidazole rings is 1. The van der Waals surface area contributed by atoms with E-state index in [-0.39, 0.29) is 23.8 Å². The SMILES string of the molecule is CC#CCn1c(N2CCCC(NC(=O)OC(C)(C)C)C2)nc2c1c(=O)n(C/C=C/c1c(F)c(F)c(F)c(F)c1F)c(=O)n2C. The number of aromatic nitrogens is 4. The third-order valence-electron chi connectivity index (χ3n) is 6.87. The summed E-state index contributed by atoms with van der Waals surface area (Å²) in [6.07, 6.45) is 2.33. The number of aryl methyl sites for hydroxylation is 1. The Balaban J connectivity index is 1.73. The van der Waals surface area contributed by atoms with Crippen LogP contribution in [0.15, 0.2) is 15.7 Å². The zero-order chi connectivity index (χ0) is 32.5. The number of alkyl carbamates (subject to hydrolysis) is 1. The van der Waals surface area contributed by atoms with Crippen LogP contribution in [0.25, 0.3) is 17.2 Å². The number of halogens is 5. The molecule has 10 nitrogen and oxygen atoms in total. The maximum atomic E-state index is 14.1. The number of piperidine rings is 1. The molecule has 0 saturated carbocycles. The van der Waals surface area contributed by atoms with E-state index in [1.807, 2.05) is 4.90 Å². The molecule has 1 unspecified atom stereocenters. The Morgan fingerprint density at radius 1 is 1.07 bits per heavy atom. The number of hydrogen-bond donors (Lipinski definition) is 1. The topological polar surface area (TPSA) is 103 Å². The fourth-order valence-electron chi connectivity index (χ4n) is 4.87. The van der Waals surface area contributed by atoms with Gasteiger partial charge in [-0.25, -0.2) is 31.5 Å². The van der Waals surface area contributed by atoms with Gasteiger partial charge in [-0.05, 0) is 40.5 Å². The van der Waals surface area contributed by atoms with E-state index in [4.69, 9.17) is 4.74 Å². The van der Waals surface area contributed by atoms with Gasteiger partial charge in [0.15, 0.2) is 34.4 Å². The lowest BCUT2D eigenvalue weighted by Crippen LogP contribution is -2.49. The molecule has 236 valence electrons. The molecule has 15 heteroatoms. The quantitative estimate of drug-likeness (QED) is 0.194. The van der Waals surface area contributed by atoms with Crippen molar-refractivity contribution in [3.05, 3.63) is 61.6 Å². The molecule has 1 atom stereocenters. The highest BCUT2D eigenvalue weighted by Crippen LogP contribution is 2.25. The summed E-state index contributed by atoms with van der Waals surface area (Å²) in [6.45, 7) is 7.20. The number of hydrogen-bond acceptors (Lipinski definition) is 6. The number of rotatable bonds is 6. The second kappa shape index (κ2) is 12.6. The molecule has 1 amide bonds. The third kappa shape index (κ3) is 6.34. The lowest BCUT2D eigenvalue weighted by molar-refractivity contribution is 0.0499. The second-order valence-corrected chi connectivity index (χ2v) is 11.2. The molecule has 1 aliphatic heterocycles. The Labute approximate surface area is 248 Å². The Hall–Kier alpha value is -4.61. The minimum atomic E-state index is -2.30. The van der Waals surface area contributed by atoms with Crippen molar-refractivity contribution >= 4 is 29.3 Å². The van der Waals surface area contributed by atoms with Crippen LogP contribution >= 0.6 is 0 Å². The number of fused-ring (bicyclic) bond motifs is 1. The minimum Gasteiger partial charge on any atom is -0.444 e. The highest BCUT2D eigenvalue weighted by molar-refractivity contribution is 5.75. The molecule has 0 bridgehead atoms. The van der Waals surface area contributed by atoms with Gasteiger partial charge in [0.25, 0.3) is 5.56 Å². The number of ether oxygens (including phenoxy) is 1. The van der Waals surface area contributed by atoms with Gasteiger partial charge in [0.1, 0.15) is 5.60 Å². The van der Waals surface area contributed by atoms with E-state index >= 15 is 0 Å². The molecular weight excluding hydrogens is 591 g/mol. The largest absolute Gasteiger partial charge is 0.444 e. The molecule has 3 aromatic rings. The zero-order valence-electron chi connectivity index (χ0n) is 24.7. The van der Waals surface area contributed by atoms with Gasteiger partial charge >= 0.3 is 11.8 Å². The number of nitrogens with one attached hydrogen (secondary N) is 1. The summed E-state index contributed by atoms with van der Waals surface area (Å²) in [6, 6.07) is -0.295. The predicted molar refractivity (Wildman–Crippen MR) is 153 cm³/mol. The summed E-state index contributed by atoms with van der Waals surface area (Å²) in [5.74, 6) is -4.65. The van der Waals surface area contributed by atoms with Crippen LogP contribution in [0.4, 0.5) is 32.7 Å². The molecule has 0 spiro atoms. The number of anilines is 1. The molecule has 1 aromatic carbocycles. The molecule has 1 fully saturated rings. The van der Waals surface area contributed by atoms with Crippen LogP contribution in [0.1, 0.15) is 46.1 Å². The predicted octanol–water partition coefficient (Wildman–Crippen LogP) is 3.82. The van der Waals surface area contributed by atoms with Crippen molar-refractivity contribution in [1.29, 1.82) is 0 Å². The number of benzene rings is 1. The van der Waals surface area contributed by atoms with E-state index in [9.17, 15) is 36.3 Å². The summed E-state index contributed by atoms with van der Waals surface area (Å²) >= 11 is 0. The van der Waals surface area contributed by atoms with Crippen LogP contribution in [0.2, 0.25) is 0 Å². The Bertz CT molecular complexity index is 1800. The molecule has 4 rings (SSSR count). The van der Waals surface area contributed by atoms with E-state index in [1.165, 1.54) is 11.6 Å². The molecular formula is C29H31F5N6O4. The lowest BCUT2D eigenvalue weighted by Gasteiger charge is -2.34. The fourth-order valence-corrected chi connectivity index (χ4v) is 4.87. The number of allylic oxidation sites excluding steroid dienone is 1. The van der Waals surface area contributed by atoms with Crippen molar-refractivity contribution < 1.29 is 31.5 Å². The Morgan fingerprint density at radius 2 is 1.70 bits per heavy atom. The Morgan fingerprint density at radius 3 is 2.32 bits per heavy atom. The van der Waals surface area contributed by atoms with Crippen molar-refractivity contribution in [2.45, 2.75) is 65.3 Å². The highest BCUT2D eigenvalue weighted by Gasteiger charge is 2.29. The number of nitrogens with zero attached hydrogens (tertiary/aromatic N) is 5. The van der Waals surface area contributed by atoms with Gasteiger partial charge in [0, 0.05) is 32.7 Å². The summed E-state index contributed by atoms with van der Waals surface area (Å²) < 4.78 is 77.6. The second-order valence-electron chi connectivity index (χ2n) is 11.2. The van der Waals surface area contributed by atoms with E-state index in [0.717, 1.165) is 15.2 Å². The first-order valence-corrected chi connectivity index (χ1v) is 13.7. The highest BCUT2D eigenvalue weighted by atomic mass is 19.2. The smallest absolute Gasteiger partial charge is 0.407 e. The van der Waals surface area contributed by atoms with Gasteiger partial charge in [0.05, 0.1) is 12.1 Å². The van der Waals surface area contributed by atoms with Gasteiger partial charge in [-0.2, -0.15) is 4.98 Å². The van der Waals surface area contributed by atoms with Gasteiger partial charge < -0.3 is 15.0 Å². The Kier molecular flexibility index (Phi) is 9.22. The van der Waals surface area contributed by atoms with Crippen LogP contribution < -0.4 is 21.5 Å². The first kappa shape index (κ1) is 32.3. The lowest BCUT2D eigenvalue weighted by atomic mass is 10.1. The monoisotopic (exact) mass is 622 g/mol. The average Bonchev–Trinajstić information content (AvgIpc) is 3.35. The molecule has 2 aromatic heterocycles. The van der Waals surface area contributed by atoms with Gasteiger partial charge in [0.2, 0.25) is 11.8 Å². The number of carbonyl (C=O) groups is 1. The zero-order valence-corrected chi connectivity index (χ0v) is 24.7. The molecule has 3 heterocycles. The maximum absolute atomic E-state index is 14.1. The molecule has 0 aliphatic carbocycles. The first-order chi connectivity index (χ1) is 20.7. The normalized spacial score (nSPS) is 15.5. The third-order valence-corrected chi connectivity index (χ3v) is 6.87. The summed E-state index contributed by atoms with van der Waals surface area (Å²) in [4.78, 5) is 45.6. The molecule has 44 heavy (non-hydrogen) atoms.